The van der Waals surface area contributed by atoms with Crippen LogP contribution in [-0.4, -0.2) is 12.2 Å². The second kappa shape index (κ2) is 2.23. The number of epoxide rings is 1. The minimum Gasteiger partial charge on any atom is -0.369 e. The maximum Gasteiger partial charge on any atom is 0.0945 e. The SMILES string of the molecule is [CH2]C1(C2CCCCC2)CO1. The predicted octanol–water partition coefficient (Wildman–Crippen LogP) is 2.17. The summed E-state index contributed by atoms with van der Waals surface area (Å²) < 4.78 is 5.32. The molecule has 0 N–H and O–H groups in total. The summed E-state index contributed by atoms with van der Waals surface area (Å²) in [5, 5.41) is 0. The number of rotatable bonds is 1. The molecule has 1 aliphatic carbocycles. The van der Waals surface area contributed by atoms with Crippen molar-refractivity contribution in [3.63, 3.8) is 0 Å². The van der Waals surface area contributed by atoms with E-state index in [1.54, 1.807) is 0 Å². The van der Waals surface area contributed by atoms with E-state index in [-0.39, 0.29) is 5.60 Å². The van der Waals surface area contributed by atoms with Crippen LogP contribution in [0.1, 0.15) is 32.1 Å². The van der Waals surface area contributed by atoms with Crippen molar-refractivity contribution in [2.24, 2.45) is 5.92 Å². The monoisotopic (exact) mass is 139 g/mol. The van der Waals surface area contributed by atoms with Crippen LogP contribution in [-0.2, 0) is 4.74 Å². The van der Waals surface area contributed by atoms with Crippen molar-refractivity contribution in [3.05, 3.63) is 6.92 Å². The zero-order valence-electron chi connectivity index (χ0n) is 6.44. The molecule has 2 rings (SSSR count). The Hall–Kier alpha value is -0.0400. The zero-order chi connectivity index (χ0) is 7.03. The Bertz CT molecular complexity index is 121. The molecule has 1 saturated heterocycles. The molecule has 1 saturated carbocycles. The highest BCUT2D eigenvalue weighted by Crippen LogP contribution is 2.42. The number of ether oxygens (including phenoxy) is 1. The first-order valence-corrected chi connectivity index (χ1v) is 4.31. The molecule has 1 atom stereocenters. The van der Waals surface area contributed by atoms with Gasteiger partial charge in [0, 0.05) is 0 Å². The topological polar surface area (TPSA) is 12.5 Å². The Morgan fingerprint density at radius 1 is 1.20 bits per heavy atom. The van der Waals surface area contributed by atoms with Gasteiger partial charge in [0.15, 0.2) is 0 Å². The second-order valence-corrected chi connectivity index (χ2v) is 3.69. The maximum atomic E-state index is 5.32. The van der Waals surface area contributed by atoms with Crippen LogP contribution in [0.4, 0.5) is 0 Å². The molecule has 0 spiro atoms. The molecule has 0 aromatic rings. The summed E-state index contributed by atoms with van der Waals surface area (Å²) in [7, 11) is 0. The highest BCUT2D eigenvalue weighted by Gasteiger charge is 2.46. The first-order chi connectivity index (χ1) is 4.81. The number of hydrogen-bond donors (Lipinski definition) is 0. The number of hydrogen-bond acceptors (Lipinski definition) is 1. The van der Waals surface area contributed by atoms with E-state index in [0.29, 0.717) is 0 Å². The quantitative estimate of drug-likeness (QED) is 0.507. The Morgan fingerprint density at radius 3 is 2.30 bits per heavy atom. The lowest BCUT2D eigenvalue weighted by atomic mass is 9.81. The lowest BCUT2D eigenvalue weighted by Crippen LogP contribution is -2.23. The van der Waals surface area contributed by atoms with E-state index in [9.17, 15) is 0 Å². The van der Waals surface area contributed by atoms with Crippen LogP contribution in [0.15, 0.2) is 0 Å². The van der Waals surface area contributed by atoms with Crippen LogP contribution in [0.5, 0.6) is 0 Å². The normalized spacial score (nSPS) is 41.7. The van der Waals surface area contributed by atoms with Crippen LogP contribution >= 0.6 is 0 Å². The molecule has 1 nitrogen and oxygen atoms in total. The summed E-state index contributed by atoms with van der Waals surface area (Å²) >= 11 is 0. The van der Waals surface area contributed by atoms with Crippen molar-refractivity contribution in [1.82, 2.24) is 0 Å². The van der Waals surface area contributed by atoms with Crippen LogP contribution in [0.25, 0.3) is 0 Å². The lowest BCUT2D eigenvalue weighted by Gasteiger charge is -2.24. The molecular weight excluding hydrogens is 124 g/mol. The van der Waals surface area contributed by atoms with Gasteiger partial charge in [-0.15, -0.1) is 0 Å². The highest BCUT2D eigenvalue weighted by atomic mass is 16.6. The first-order valence-electron chi connectivity index (χ1n) is 4.31. The molecule has 1 radical (unpaired) electrons. The van der Waals surface area contributed by atoms with E-state index in [0.717, 1.165) is 12.5 Å². The largest absolute Gasteiger partial charge is 0.369 e. The van der Waals surface area contributed by atoms with Crippen LogP contribution in [0.2, 0.25) is 0 Å². The molecule has 0 amide bonds. The summed E-state index contributed by atoms with van der Waals surface area (Å²) in [6, 6.07) is 0. The lowest BCUT2D eigenvalue weighted by molar-refractivity contribution is 0.210. The van der Waals surface area contributed by atoms with Gasteiger partial charge in [0.1, 0.15) is 0 Å². The van der Waals surface area contributed by atoms with E-state index in [4.69, 9.17) is 4.74 Å². The van der Waals surface area contributed by atoms with Gasteiger partial charge in [-0.05, 0) is 25.7 Å². The molecule has 0 aromatic carbocycles. The van der Waals surface area contributed by atoms with Gasteiger partial charge >= 0.3 is 0 Å². The fourth-order valence-corrected chi connectivity index (χ4v) is 1.96. The van der Waals surface area contributed by atoms with Crippen molar-refractivity contribution < 1.29 is 4.74 Å². The molecule has 57 valence electrons. The van der Waals surface area contributed by atoms with E-state index < -0.39 is 0 Å². The standard InChI is InChI=1S/C9H15O/c1-9(7-10-9)8-5-3-2-4-6-8/h8H,1-7H2. The van der Waals surface area contributed by atoms with Crippen molar-refractivity contribution >= 4 is 0 Å². The first kappa shape index (κ1) is 6.66. The van der Waals surface area contributed by atoms with Crippen LogP contribution in [0, 0.1) is 12.8 Å². The molecular formula is C9H15O. The maximum absolute atomic E-state index is 5.32. The van der Waals surface area contributed by atoms with Crippen molar-refractivity contribution in [2.45, 2.75) is 37.7 Å². The Balaban J connectivity index is 1.91. The molecule has 0 bridgehead atoms. The van der Waals surface area contributed by atoms with Crippen LogP contribution < -0.4 is 0 Å². The van der Waals surface area contributed by atoms with Crippen LogP contribution in [0.3, 0.4) is 0 Å². The molecule has 2 fully saturated rings. The average Bonchev–Trinajstić information content (AvgIpc) is 2.72. The summed E-state index contributed by atoms with van der Waals surface area (Å²) in [6.45, 7) is 5.00. The molecule has 10 heavy (non-hydrogen) atoms. The van der Waals surface area contributed by atoms with E-state index in [1.807, 2.05) is 0 Å². The third kappa shape index (κ3) is 1.07. The average molecular weight is 139 g/mol. The molecule has 1 heterocycles. The van der Waals surface area contributed by atoms with E-state index in [2.05, 4.69) is 6.92 Å². The third-order valence-electron chi connectivity index (χ3n) is 2.86. The summed E-state index contributed by atoms with van der Waals surface area (Å²) in [6.07, 6.45) is 6.91. The molecule has 0 aromatic heterocycles. The van der Waals surface area contributed by atoms with Gasteiger partial charge in [-0.2, -0.15) is 0 Å². The molecule has 1 aliphatic heterocycles. The molecule has 2 aliphatic rings. The molecule has 1 heteroatoms. The molecule has 1 unspecified atom stereocenters. The summed E-state index contributed by atoms with van der Waals surface area (Å²) in [4.78, 5) is 0. The van der Waals surface area contributed by atoms with Gasteiger partial charge in [-0.3, -0.25) is 0 Å². The van der Waals surface area contributed by atoms with Gasteiger partial charge in [0.25, 0.3) is 0 Å². The Labute approximate surface area is 62.8 Å². The van der Waals surface area contributed by atoms with Crippen molar-refractivity contribution in [2.75, 3.05) is 6.61 Å². The van der Waals surface area contributed by atoms with Gasteiger partial charge < -0.3 is 4.74 Å². The highest BCUT2D eigenvalue weighted by molar-refractivity contribution is 5.01. The summed E-state index contributed by atoms with van der Waals surface area (Å²) in [5.41, 5.74) is 0.0699. The van der Waals surface area contributed by atoms with Gasteiger partial charge in [0.05, 0.1) is 12.2 Å². The zero-order valence-corrected chi connectivity index (χ0v) is 6.44. The van der Waals surface area contributed by atoms with Gasteiger partial charge in [-0.1, -0.05) is 19.3 Å². The van der Waals surface area contributed by atoms with E-state index >= 15 is 0 Å². The minimum atomic E-state index is 0.0699. The second-order valence-electron chi connectivity index (χ2n) is 3.69. The van der Waals surface area contributed by atoms with Gasteiger partial charge in [0.2, 0.25) is 0 Å². The predicted molar refractivity (Wildman–Crippen MR) is 40.6 cm³/mol. The van der Waals surface area contributed by atoms with Gasteiger partial charge in [-0.25, -0.2) is 0 Å². The smallest absolute Gasteiger partial charge is 0.0945 e. The Kier molecular flexibility index (Phi) is 1.48. The van der Waals surface area contributed by atoms with Crippen molar-refractivity contribution in [1.29, 1.82) is 0 Å². The Morgan fingerprint density at radius 2 is 1.80 bits per heavy atom. The fraction of sp³-hybridized carbons (Fsp3) is 0.889. The van der Waals surface area contributed by atoms with Crippen molar-refractivity contribution in [3.8, 4) is 0 Å². The third-order valence-corrected chi connectivity index (χ3v) is 2.86. The van der Waals surface area contributed by atoms with E-state index in [1.165, 1.54) is 32.1 Å². The summed E-state index contributed by atoms with van der Waals surface area (Å²) in [5.74, 6) is 0.779. The minimum absolute atomic E-state index is 0.0699. The fourth-order valence-electron chi connectivity index (χ4n) is 1.96.